The Labute approximate surface area is 126 Å². The molecule has 2 rings (SSSR count). The maximum Gasteiger partial charge on any atom is 0.335 e. The maximum atomic E-state index is 13.6. The minimum absolute atomic E-state index is 0.0967. The van der Waals surface area contributed by atoms with Gasteiger partial charge in [0.1, 0.15) is 11.6 Å². The third kappa shape index (κ3) is 4.79. The quantitative estimate of drug-likeness (QED) is 0.618. The Bertz CT molecular complexity index is 602. The molecule has 0 bridgehead atoms. The number of carboxylic acid groups (broad SMARTS) is 1. The zero-order chi connectivity index (χ0) is 15.1. The van der Waals surface area contributed by atoms with Crippen LogP contribution in [0.1, 0.15) is 16.8 Å². The van der Waals surface area contributed by atoms with Crippen molar-refractivity contribution in [3.8, 4) is 5.75 Å². The summed E-state index contributed by atoms with van der Waals surface area (Å²) < 4.78 is 19.1. The van der Waals surface area contributed by atoms with Crippen LogP contribution in [-0.4, -0.2) is 23.4 Å². The molecule has 2 aromatic carbocycles. The summed E-state index contributed by atoms with van der Waals surface area (Å²) in [7, 11) is 0. The van der Waals surface area contributed by atoms with E-state index in [0.29, 0.717) is 17.3 Å². The van der Waals surface area contributed by atoms with Gasteiger partial charge in [-0.25, -0.2) is 9.18 Å². The molecule has 0 heterocycles. The fourth-order valence-electron chi connectivity index (χ4n) is 1.69. The third-order valence-electron chi connectivity index (χ3n) is 2.74. The van der Waals surface area contributed by atoms with Crippen LogP contribution in [0.3, 0.4) is 0 Å². The predicted octanol–water partition coefficient (Wildman–Crippen LogP) is 4.09. The van der Waals surface area contributed by atoms with Crippen LogP contribution < -0.4 is 4.74 Å². The highest BCUT2D eigenvalue weighted by Crippen LogP contribution is 2.24. The number of benzene rings is 2. The molecule has 0 saturated carbocycles. The fourth-order valence-corrected chi connectivity index (χ4v) is 2.59. The first-order valence-electron chi connectivity index (χ1n) is 6.50. The van der Waals surface area contributed by atoms with Gasteiger partial charge in [-0.05, 0) is 36.8 Å². The summed E-state index contributed by atoms with van der Waals surface area (Å²) in [6.07, 6.45) is 0.746. The van der Waals surface area contributed by atoms with Gasteiger partial charge in [-0.1, -0.05) is 18.2 Å². The number of hydrogen-bond acceptors (Lipinski definition) is 3. The second-order valence-corrected chi connectivity index (χ2v) is 5.45. The number of para-hydroxylation sites is 1. The molecule has 21 heavy (non-hydrogen) atoms. The monoisotopic (exact) mass is 306 g/mol. The van der Waals surface area contributed by atoms with Crippen LogP contribution in [0, 0.1) is 5.82 Å². The summed E-state index contributed by atoms with van der Waals surface area (Å²) in [5, 5.41) is 8.88. The van der Waals surface area contributed by atoms with E-state index in [0.717, 1.165) is 12.2 Å². The topological polar surface area (TPSA) is 46.5 Å². The Kier molecular flexibility index (Phi) is 5.63. The lowest BCUT2D eigenvalue weighted by atomic mass is 10.2. The van der Waals surface area contributed by atoms with Crippen LogP contribution in [0.2, 0.25) is 0 Å². The summed E-state index contributed by atoms with van der Waals surface area (Å²) >= 11 is 1.30. The van der Waals surface area contributed by atoms with Crippen molar-refractivity contribution in [1.29, 1.82) is 0 Å². The third-order valence-corrected chi connectivity index (χ3v) is 3.85. The molecule has 0 amide bonds. The number of carbonyl (C=O) groups is 1. The Hall–Kier alpha value is -2.01. The van der Waals surface area contributed by atoms with Gasteiger partial charge >= 0.3 is 5.97 Å². The molecule has 110 valence electrons. The van der Waals surface area contributed by atoms with E-state index in [1.165, 1.54) is 30.0 Å². The number of aromatic carboxylic acids is 1. The molecule has 0 fully saturated rings. The molecule has 0 atom stereocenters. The van der Waals surface area contributed by atoms with E-state index < -0.39 is 11.8 Å². The summed E-state index contributed by atoms with van der Waals surface area (Å²) in [5.41, 5.74) is 0.0967. The number of ether oxygens (including phenoxy) is 1. The Morgan fingerprint density at radius 3 is 2.67 bits per heavy atom. The van der Waals surface area contributed by atoms with Crippen molar-refractivity contribution in [2.45, 2.75) is 11.3 Å². The van der Waals surface area contributed by atoms with Gasteiger partial charge in [0.15, 0.2) is 0 Å². The molecule has 0 aliphatic heterocycles. The molecule has 0 aromatic heterocycles. The molecule has 0 aliphatic rings. The number of thioether (sulfide) groups is 1. The highest BCUT2D eigenvalue weighted by Gasteiger charge is 2.08. The standard InChI is InChI=1S/C16H15FO3S/c17-14-8-7-12(16(18)19)11-15(14)21-10-4-9-20-13-5-2-1-3-6-13/h1-3,5-8,11H,4,9-10H2,(H,18,19). The average molecular weight is 306 g/mol. The second kappa shape index (κ2) is 7.69. The molecule has 3 nitrogen and oxygen atoms in total. The lowest BCUT2D eigenvalue weighted by Crippen LogP contribution is -2.00. The lowest BCUT2D eigenvalue weighted by molar-refractivity contribution is 0.0696. The van der Waals surface area contributed by atoms with Gasteiger partial charge in [0.2, 0.25) is 0 Å². The SMILES string of the molecule is O=C(O)c1ccc(F)c(SCCCOc2ccccc2)c1. The van der Waals surface area contributed by atoms with Crippen molar-refractivity contribution in [3.05, 3.63) is 59.9 Å². The summed E-state index contributed by atoms with van der Waals surface area (Å²) in [6.45, 7) is 0.539. The van der Waals surface area contributed by atoms with Crippen LogP contribution in [0.5, 0.6) is 5.75 Å². The first kappa shape index (κ1) is 15.4. The van der Waals surface area contributed by atoms with Gasteiger partial charge in [0.25, 0.3) is 0 Å². The maximum absolute atomic E-state index is 13.6. The summed E-state index contributed by atoms with van der Waals surface area (Å²) in [4.78, 5) is 11.2. The van der Waals surface area contributed by atoms with Crippen molar-refractivity contribution in [3.63, 3.8) is 0 Å². The van der Waals surface area contributed by atoms with E-state index in [4.69, 9.17) is 9.84 Å². The largest absolute Gasteiger partial charge is 0.494 e. The summed E-state index contributed by atoms with van der Waals surface area (Å²) in [6, 6.07) is 13.3. The van der Waals surface area contributed by atoms with Gasteiger partial charge in [0.05, 0.1) is 12.2 Å². The van der Waals surface area contributed by atoms with E-state index in [9.17, 15) is 9.18 Å². The van der Waals surface area contributed by atoms with Gasteiger partial charge in [-0.2, -0.15) is 0 Å². The Morgan fingerprint density at radius 1 is 1.19 bits per heavy atom. The number of halogens is 1. The van der Waals surface area contributed by atoms with E-state index in [1.54, 1.807) is 0 Å². The first-order valence-corrected chi connectivity index (χ1v) is 7.49. The molecule has 0 aliphatic carbocycles. The van der Waals surface area contributed by atoms with Gasteiger partial charge < -0.3 is 9.84 Å². The molecular weight excluding hydrogens is 291 g/mol. The summed E-state index contributed by atoms with van der Waals surface area (Å²) in [5.74, 6) is 0.0205. The first-order chi connectivity index (χ1) is 10.2. The van der Waals surface area contributed by atoms with Crippen molar-refractivity contribution in [2.24, 2.45) is 0 Å². The smallest absolute Gasteiger partial charge is 0.335 e. The van der Waals surface area contributed by atoms with Crippen LogP contribution in [0.25, 0.3) is 0 Å². The molecule has 0 spiro atoms. The highest BCUT2D eigenvalue weighted by molar-refractivity contribution is 7.99. The number of hydrogen-bond donors (Lipinski definition) is 1. The fraction of sp³-hybridized carbons (Fsp3) is 0.188. The van der Waals surface area contributed by atoms with Crippen LogP contribution in [0.4, 0.5) is 4.39 Å². The van der Waals surface area contributed by atoms with E-state index >= 15 is 0 Å². The van der Waals surface area contributed by atoms with Crippen LogP contribution >= 0.6 is 11.8 Å². The van der Waals surface area contributed by atoms with Gasteiger partial charge in [0, 0.05) is 10.6 Å². The van der Waals surface area contributed by atoms with Crippen molar-refractivity contribution in [1.82, 2.24) is 0 Å². The molecule has 1 N–H and O–H groups in total. The molecule has 5 heteroatoms. The highest BCUT2D eigenvalue weighted by atomic mass is 32.2. The molecule has 0 unspecified atom stereocenters. The lowest BCUT2D eigenvalue weighted by Gasteiger charge is -2.07. The number of rotatable bonds is 7. The molecule has 2 aromatic rings. The van der Waals surface area contributed by atoms with E-state index in [1.807, 2.05) is 30.3 Å². The Morgan fingerprint density at radius 2 is 1.95 bits per heavy atom. The van der Waals surface area contributed by atoms with E-state index in [-0.39, 0.29) is 5.56 Å². The zero-order valence-electron chi connectivity index (χ0n) is 11.3. The number of carboxylic acids is 1. The average Bonchev–Trinajstić information content (AvgIpc) is 2.49. The van der Waals surface area contributed by atoms with E-state index in [2.05, 4.69) is 0 Å². The van der Waals surface area contributed by atoms with Crippen LogP contribution in [-0.2, 0) is 0 Å². The van der Waals surface area contributed by atoms with Gasteiger partial charge in [-0.3, -0.25) is 0 Å². The molecule has 0 saturated heterocycles. The molecular formula is C16H15FO3S. The minimum atomic E-state index is -1.05. The predicted molar refractivity (Wildman–Crippen MR) is 80.6 cm³/mol. The van der Waals surface area contributed by atoms with Crippen molar-refractivity contribution in [2.75, 3.05) is 12.4 Å². The van der Waals surface area contributed by atoms with Gasteiger partial charge in [-0.15, -0.1) is 11.8 Å². The molecule has 0 radical (unpaired) electrons. The normalized spacial score (nSPS) is 10.3. The van der Waals surface area contributed by atoms with Crippen LogP contribution in [0.15, 0.2) is 53.4 Å². The van der Waals surface area contributed by atoms with Crippen molar-refractivity contribution >= 4 is 17.7 Å². The second-order valence-electron chi connectivity index (χ2n) is 4.31. The zero-order valence-corrected chi connectivity index (χ0v) is 12.1. The van der Waals surface area contributed by atoms with Crippen molar-refractivity contribution < 1.29 is 19.0 Å². The minimum Gasteiger partial charge on any atom is -0.494 e. The Balaban J connectivity index is 1.78.